The molecular formula is C20H24Cl3NO2. The Morgan fingerprint density at radius 3 is 2.58 bits per heavy atom. The second kappa shape index (κ2) is 12.1. The molecule has 0 aliphatic carbocycles. The summed E-state index contributed by atoms with van der Waals surface area (Å²) >= 11 is 12.1. The van der Waals surface area contributed by atoms with Crippen LogP contribution in [0.4, 0.5) is 0 Å². The lowest BCUT2D eigenvalue weighted by Gasteiger charge is -2.13. The topological polar surface area (TPSA) is 30.5 Å². The average Bonchev–Trinajstić information content (AvgIpc) is 2.60. The van der Waals surface area contributed by atoms with Gasteiger partial charge in [-0.1, -0.05) is 48.0 Å². The number of hydrogen-bond donors (Lipinski definition) is 1. The lowest BCUT2D eigenvalue weighted by molar-refractivity contribution is 0.296. The van der Waals surface area contributed by atoms with E-state index in [-0.39, 0.29) is 12.4 Å². The Morgan fingerprint density at radius 2 is 1.88 bits per heavy atom. The fraction of sp³-hybridized carbons (Fsp3) is 0.300. The van der Waals surface area contributed by atoms with E-state index in [4.69, 9.17) is 32.7 Å². The van der Waals surface area contributed by atoms with E-state index in [0.29, 0.717) is 23.3 Å². The lowest BCUT2D eigenvalue weighted by atomic mass is 10.1. The zero-order chi connectivity index (χ0) is 18.1. The number of hydrogen-bond acceptors (Lipinski definition) is 3. The largest absolute Gasteiger partial charge is 0.490 e. The molecule has 0 aliphatic rings. The van der Waals surface area contributed by atoms with E-state index in [1.165, 1.54) is 0 Å². The summed E-state index contributed by atoms with van der Waals surface area (Å²) in [5, 5.41) is 4.78. The van der Waals surface area contributed by atoms with Gasteiger partial charge in [0.25, 0.3) is 0 Å². The third-order valence-corrected chi connectivity index (χ3v) is 4.17. The van der Waals surface area contributed by atoms with Gasteiger partial charge in [0.1, 0.15) is 6.61 Å². The average molecular weight is 417 g/mol. The van der Waals surface area contributed by atoms with Crippen molar-refractivity contribution in [2.75, 3.05) is 19.8 Å². The minimum absolute atomic E-state index is 0. The van der Waals surface area contributed by atoms with Crippen molar-refractivity contribution in [3.63, 3.8) is 0 Å². The van der Waals surface area contributed by atoms with E-state index in [1.807, 2.05) is 37.3 Å². The number of benzene rings is 2. The van der Waals surface area contributed by atoms with Crippen molar-refractivity contribution < 1.29 is 9.47 Å². The van der Waals surface area contributed by atoms with Gasteiger partial charge < -0.3 is 14.8 Å². The Kier molecular flexibility index (Phi) is 10.5. The molecule has 0 aliphatic heterocycles. The van der Waals surface area contributed by atoms with E-state index in [1.54, 1.807) is 12.1 Å². The third kappa shape index (κ3) is 7.08. The highest BCUT2D eigenvalue weighted by atomic mass is 35.5. The van der Waals surface area contributed by atoms with Crippen molar-refractivity contribution >= 4 is 35.6 Å². The lowest BCUT2D eigenvalue weighted by Crippen LogP contribution is -2.17. The number of nitrogens with one attached hydrogen (secondary N) is 1. The first-order chi connectivity index (χ1) is 12.1. The Bertz CT molecular complexity index is 707. The van der Waals surface area contributed by atoms with E-state index < -0.39 is 0 Å². The normalized spacial score (nSPS) is 10.1. The molecule has 142 valence electrons. The van der Waals surface area contributed by atoms with E-state index >= 15 is 0 Å². The summed E-state index contributed by atoms with van der Waals surface area (Å²) in [6.07, 6.45) is 2.56. The molecule has 0 saturated heterocycles. The van der Waals surface area contributed by atoms with Gasteiger partial charge in [0, 0.05) is 16.6 Å². The molecule has 0 spiro atoms. The molecule has 0 bridgehead atoms. The number of ether oxygens (including phenoxy) is 2. The SMILES string of the molecule is C=CCOc1ccc(CNCCc2ccc(Cl)cc2Cl)cc1OCC.Cl. The van der Waals surface area contributed by atoms with Crippen molar-refractivity contribution in [2.24, 2.45) is 0 Å². The maximum absolute atomic E-state index is 6.19. The summed E-state index contributed by atoms with van der Waals surface area (Å²) in [4.78, 5) is 0. The first kappa shape index (κ1) is 22.7. The first-order valence-corrected chi connectivity index (χ1v) is 9.03. The van der Waals surface area contributed by atoms with Crippen molar-refractivity contribution in [1.29, 1.82) is 0 Å². The van der Waals surface area contributed by atoms with Gasteiger partial charge in [-0.25, -0.2) is 0 Å². The van der Waals surface area contributed by atoms with Crippen LogP contribution in [0.5, 0.6) is 11.5 Å². The second-order valence-corrected chi connectivity index (χ2v) is 6.32. The molecular weight excluding hydrogens is 393 g/mol. The van der Waals surface area contributed by atoms with Gasteiger partial charge in [-0.05, 0) is 55.3 Å². The minimum atomic E-state index is 0. The van der Waals surface area contributed by atoms with Gasteiger partial charge in [0.2, 0.25) is 0 Å². The Morgan fingerprint density at radius 1 is 1.08 bits per heavy atom. The highest BCUT2D eigenvalue weighted by molar-refractivity contribution is 6.35. The highest BCUT2D eigenvalue weighted by Gasteiger charge is 2.06. The summed E-state index contributed by atoms with van der Waals surface area (Å²) in [6.45, 7) is 8.23. The molecule has 26 heavy (non-hydrogen) atoms. The van der Waals surface area contributed by atoms with Gasteiger partial charge in [0.15, 0.2) is 11.5 Å². The summed E-state index contributed by atoms with van der Waals surface area (Å²) in [6, 6.07) is 11.6. The minimum Gasteiger partial charge on any atom is -0.490 e. The quantitative estimate of drug-likeness (QED) is 0.397. The summed E-state index contributed by atoms with van der Waals surface area (Å²) in [5.41, 5.74) is 2.22. The monoisotopic (exact) mass is 415 g/mol. The van der Waals surface area contributed by atoms with Crippen molar-refractivity contribution in [2.45, 2.75) is 19.9 Å². The van der Waals surface area contributed by atoms with Gasteiger partial charge in [-0.15, -0.1) is 12.4 Å². The van der Waals surface area contributed by atoms with Crippen LogP contribution in [0, 0.1) is 0 Å². The second-order valence-electron chi connectivity index (χ2n) is 5.48. The van der Waals surface area contributed by atoms with E-state index in [9.17, 15) is 0 Å². The summed E-state index contributed by atoms with van der Waals surface area (Å²) in [7, 11) is 0. The summed E-state index contributed by atoms with van der Waals surface area (Å²) < 4.78 is 11.3. The molecule has 0 atom stereocenters. The van der Waals surface area contributed by atoms with Crippen LogP contribution >= 0.6 is 35.6 Å². The van der Waals surface area contributed by atoms with Crippen LogP contribution in [-0.2, 0) is 13.0 Å². The molecule has 2 aromatic rings. The molecule has 0 radical (unpaired) electrons. The highest BCUT2D eigenvalue weighted by Crippen LogP contribution is 2.28. The zero-order valence-corrected chi connectivity index (χ0v) is 17.1. The Hall–Kier alpha value is -1.39. The van der Waals surface area contributed by atoms with Gasteiger partial charge >= 0.3 is 0 Å². The van der Waals surface area contributed by atoms with Crippen LogP contribution in [0.25, 0.3) is 0 Å². The molecule has 0 saturated carbocycles. The predicted octanol–water partition coefficient (Wildman–Crippen LogP) is 5.71. The maximum Gasteiger partial charge on any atom is 0.161 e. The van der Waals surface area contributed by atoms with Crippen LogP contribution in [0.15, 0.2) is 49.1 Å². The molecule has 2 aromatic carbocycles. The molecule has 0 fully saturated rings. The van der Waals surface area contributed by atoms with E-state index in [2.05, 4.69) is 11.9 Å². The molecule has 3 nitrogen and oxygen atoms in total. The van der Waals surface area contributed by atoms with Crippen LogP contribution in [0.3, 0.4) is 0 Å². The number of halogens is 3. The molecule has 0 unspecified atom stereocenters. The smallest absolute Gasteiger partial charge is 0.161 e. The van der Waals surface area contributed by atoms with Crippen LogP contribution < -0.4 is 14.8 Å². The molecule has 2 rings (SSSR count). The number of rotatable bonds is 10. The molecule has 0 heterocycles. The zero-order valence-electron chi connectivity index (χ0n) is 14.8. The molecule has 0 amide bonds. The van der Waals surface area contributed by atoms with Gasteiger partial charge in [-0.3, -0.25) is 0 Å². The van der Waals surface area contributed by atoms with E-state index in [0.717, 1.165) is 42.1 Å². The fourth-order valence-corrected chi connectivity index (χ4v) is 2.88. The Labute approximate surface area is 171 Å². The molecule has 1 N–H and O–H groups in total. The maximum atomic E-state index is 6.19. The third-order valence-electron chi connectivity index (χ3n) is 3.58. The summed E-state index contributed by atoms with van der Waals surface area (Å²) in [5.74, 6) is 1.49. The predicted molar refractivity (Wildman–Crippen MR) is 112 cm³/mol. The van der Waals surface area contributed by atoms with Gasteiger partial charge in [-0.2, -0.15) is 0 Å². The Balaban J connectivity index is 0.00000338. The van der Waals surface area contributed by atoms with Crippen molar-refractivity contribution in [3.8, 4) is 11.5 Å². The first-order valence-electron chi connectivity index (χ1n) is 8.28. The van der Waals surface area contributed by atoms with Crippen molar-refractivity contribution in [1.82, 2.24) is 5.32 Å². The van der Waals surface area contributed by atoms with Gasteiger partial charge in [0.05, 0.1) is 6.61 Å². The van der Waals surface area contributed by atoms with Crippen LogP contribution in [0.2, 0.25) is 10.0 Å². The molecule has 0 aromatic heterocycles. The molecule has 6 heteroatoms. The van der Waals surface area contributed by atoms with Crippen LogP contribution in [-0.4, -0.2) is 19.8 Å². The van der Waals surface area contributed by atoms with Crippen LogP contribution in [0.1, 0.15) is 18.1 Å². The standard InChI is InChI=1S/C20H23Cl2NO2.ClH/c1-3-11-25-19-8-5-15(12-20(19)24-4-2)14-23-10-9-16-6-7-17(21)13-18(16)22;/h3,5-8,12-13,23H,1,4,9-11,14H2,2H3;1H. The fourth-order valence-electron chi connectivity index (χ4n) is 2.38. The van der Waals surface area contributed by atoms with Crippen molar-refractivity contribution in [3.05, 3.63) is 70.2 Å².